The van der Waals surface area contributed by atoms with E-state index in [-0.39, 0.29) is 27.9 Å². The molecule has 13 heteroatoms. The third-order valence-corrected chi connectivity index (χ3v) is 6.43. The number of hydrogen-bond acceptors (Lipinski definition) is 8. The minimum atomic E-state index is -4.45. The molecule has 0 aliphatic carbocycles. The van der Waals surface area contributed by atoms with Gasteiger partial charge in [0.1, 0.15) is 28.2 Å². The van der Waals surface area contributed by atoms with E-state index >= 15 is 0 Å². The number of nitrogen functional groups attached to an aromatic ring is 1. The number of halogens is 3. The molecule has 186 valence electrons. The Hall–Kier alpha value is -3.35. The van der Waals surface area contributed by atoms with Crippen LogP contribution in [-0.2, 0) is 10.0 Å². The standard InChI is InChI=1S/C22H24ClF2N7O2S/c1-12(26)19-20(27)29-21(30-22(19)28-8-9-32(2)3)13-4-7-17(16(25)10-13)31-35(33,34)18-11-14(23)5-6-15(18)24/h4-7,10-11,26,31H,8-9H2,1-3H3,(H3,27,28,29,30). The molecule has 0 amide bonds. The van der Waals surface area contributed by atoms with Gasteiger partial charge in [0.25, 0.3) is 10.0 Å². The number of likely N-dealkylation sites (N-methyl/N-ethyl adjacent to an activating group) is 1. The Labute approximate surface area is 206 Å². The molecule has 0 unspecified atom stereocenters. The summed E-state index contributed by atoms with van der Waals surface area (Å²) in [7, 11) is -0.638. The van der Waals surface area contributed by atoms with Gasteiger partial charge in [-0.1, -0.05) is 11.6 Å². The normalized spacial score (nSPS) is 11.5. The van der Waals surface area contributed by atoms with Gasteiger partial charge in [-0.2, -0.15) is 0 Å². The van der Waals surface area contributed by atoms with Crippen LogP contribution in [0.25, 0.3) is 11.4 Å². The van der Waals surface area contributed by atoms with E-state index in [0.717, 1.165) is 18.2 Å². The summed E-state index contributed by atoms with van der Waals surface area (Å²) < 4.78 is 56.1. The largest absolute Gasteiger partial charge is 0.383 e. The fourth-order valence-corrected chi connectivity index (χ4v) is 4.53. The van der Waals surface area contributed by atoms with Gasteiger partial charge in [-0.25, -0.2) is 27.2 Å². The maximum absolute atomic E-state index is 14.9. The molecule has 0 saturated carbocycles. The lowest BCUT2D eigenvalue weighted by molar-refractivity contribution is 0.425. The van der Waals surface area contributed by atoms with Gasteiger partial charge >= 0.3 is 0 Å². The van der Waals surface area contributed by atoms with Gasteiger partial charge in [-0.3, -0.25) is 4.72 Å². The summed E-state index contributed by atoms with van der Waals surface area (Å²) >= 11 is 5.77. The van der Waals surface area contributed by atoms with Crippen LogP contribution < -0.4 is 15.8 Å². The Kier molecular flexibility index (Phi) is 7.88. The number of nitrogens with two attached hydrogens (primary N) is 1. The van der Waals surface area contributed by atoms with Crippen molar-refractivity contribution < 1.29 is 17.2 Å². The van der Waals surface area contributed by atoms with Crippen molar-refractivity contribution in [2.75, 3.05) is 43.0 Å². The van der Waals surface area contributed by atoms with Crippen LogP contribution in [0.15, 0.2) is 41.3 Å². The van der Waals surface area contributed by atoms with Crippen molar-refractivity contribution in [1.82, 2.24) is 14.9 Å². The van der Waals surface area contributed by atoms with E-state index in [4.69, 9.17) is 22.7 Å². The molecule has 9 nitrogen and oxygen atoms in total. The van der Waals surface area contributed by atoms with Gasteiger partial charge in [-0.05, 0) is 57.4 Å². The molecule has 0 aliphatic rings. The SMILES string of the molecule is CC(=N)c1c(N)nc(-c2ccc(NS(=O)(=O)c3cc(Cl)ccc3F)c(F)c2)nc1NCCN(C)C. The molecule has 35 heavy (non-hydrogen) atoms. The molecule has 0 spiro atoms. The highest BCUT2D eigenvalue weighted by atomic mass is 35.5. The van der Waals surface area contributed by atoms with Gasteiger partial charge < -0.3 is 21.4 Å². The molecule has 0 fully saturated rings. The number of nitrogens with one attached hydrogen (secondary N) is 3. The highest BCUT2D eigenvalue weighted by molar-refractivity contribution is 7.92. The van der Waals surface area contributed by atoms with Crippen LogP contribution in [0.3, 0.4) is 0 Å². The molecule has 0 saturated heterocycles. The van der Waals surface area contributed by atoms with E-state index in [1.165, 1.54) is 18.2 Å². The lowest BCUT2D eigenvalue weighted by Gasteiger charge is -2.16. The van der Waals surface area contributed by atoms with E-state index in [1.807, 2.05) is 23.7 Å². The molecular formula is C22H24ClF2N7O2S. The van der Waals surface area contributed by atoms with Crippen molar-refractivity contribution in [3.8, 4) is 11.4 Å². The molecule has 0 aliphatic heterocycles. The Bertz CT molecular complexity index is 1380. The zero-order valence-electron chi connectivity index (χ0n) is 19.2. The van der Waals surface area contributed by atoms with Gasteiger partial charge in [0, 0.05) is 29.4 Å². The minimum absolute atomic E-state index is 0.0101. The predicted molar refractivity (Wildman–Crippen MR) is 134 cm³/mol. The van der Waals surface area contributed by atoms with Crippen LogP contribution in [0.1, 0.15) is 12.5 Å². The number of aromatic nitrogens is 2. The Morgan fingerprint density at radius 2 is 1.86 bits per heavy atom. The Morgan fingerprint density at radius 3 is 2.49 bits per heavy atom. The number of benzene rings is 2. The van der Waals surface area contributed by atoms with Crippen LogP contribution >= 0.6 is 11.6 Å². The molecule has 2 aromatic carbocycles. The number of sulfonamides is 1. The zero-order valence-corrected chi connectivity index (χ0v) is 20.7. The van der Waals surface area contributed by atoms with E-state index in [1.54, 1.807) is 6.92 Å². The predicted octanol–water partition coefficient (Wildman–Crippen LogP) is 3.82. The highest BCUT2D eigenvalue weighted by Crippen LogP contribution is 2.29. The Morgan fingerprint density at radius 1 is 1.14 bits per heavy atom. The van der Waals surface area contributed by atoms with Crippen molar-refractivity contribution in [3.05, 3.63) is 58.6 Å². The molecular weight excluding hydrogens is 500 g/mol. The molecule has 1 heterocycles. The van der Waals surface area contributed by atoms with Crippen molar-refractivity contribution in [2.24, 2.45) is 0 Å². The van der Waals surface area contributed by atoms with Crippen molar-refractivity contribution >= 4 is 44.7 Å². The third kappa shape index (κ3) is 6.21. The maximum Gasteiger partial charge on any atom is 0.264 e. The maximum atomic E-state index is 14.9. The zero-order chi connectivity index (χ0) is 25.9. The lowest BCUT2D eigenvalue weighted by Crippen LogP contribution is -2.22. The molecule has 0 radical (unpaired) electrons. The quantitative estimate of drug-likeness (QED) is 0.313. The van der Waals surface area contributed by atoms with Crippen LogP contribution in [0, 0.1) is 17.0 Å². The number of hydrogen-bond donors (Lipinski definition) is 4. The first-order valence-corrected chi connectivity index (χ1v) is 12.1. The van der Waals surface area contributed by atoms with E-state index in [2.05, 4.69) is 15.3 Å². The first-order chi connectivity index (χ1) is 16.4. The summed E-state index contributed by atoms with van der Waals surface area (Å²) in [5, 5.41) is 11.1. The number of rotatable bonds is 9. The monoisotopic (exact) mass is 523 g/mol. The molecule has 5 N–H and O–H groups in total. The van der Waals surface area contributed by atoms with Crippen LogP contribution in [0.5, 0.6) is 0 Å². The summed E-state index contributed by atoms with van der Waals surface area (Å²) in [6, 6.07) is 6.62. The summed E-state index contributed by atoms with van der Waals surface area (Å²) in [5.41, 5.74) is 6.37. The average Bonchev–Trinajstić information content (AvgIpc) is 2.75. The van der Waals surface area contributed by atoms with Gasteiger partial charge in [0.2, 0.25) is 0 Å². The molecule has 1 aromatic heterocycles. The summed E-state index contributed by atoms with van der Waals surface area (Å²) in [6.07, 6.45) is 0. The van der Waals surface area contributed by atoms with Gasteiger partial charge in [-0.15, -0.1) is 0 Å². The second kappa shape index (κ2) is 10.5. The van der Waals surface area contributed by atoms with Gasteiger partial charge in [0.15, 0.2) is 5.82 Å². The van der Waals surface area contributed by atoms with E-state index in [0.29, 0.717) is 24.5 Å². The minimum Gasteiger partial charge on any atom is -0.383 e. The average molecular weight is 524 g/mol. The molecule has 0 atom stereocenters. The van der Waals surface area contributed by atoms with Crippen molar-refractivity contribution in [3.63, 3.8) is 0 Å². The van der Waals surface area contributed by atoms with Crippen LogP contribution in [0.2, 0.25) is 5.02 Å². The smallest absolute Gasteiger partial charge is 0.264 e. The van der Waals surface area contributed by atoms with Gasteiger partial charge in [0.05, 0.1) is 11.3 Å². The van der Waals surface area contributed by atoms with Crippen LogP contribution in [0.4, 0.5) is 26.1 Å². The summed E-state index contributed by atoms with van der Waals surface area (Å²) in [4.78, 5) is 9.84. The van der Waals surface area contributed by atoms with Crippen molar-refractivity contribution in [1.29, 1.82) is 5.41 Å². The number of anilines is 3. The third-order valence-electron chi connectivity index (χ3n) is 4.82. The topological polar surface area (TPSA) is 137 Å². The lowest BCUT2D eigenvalue weighted by atomic mass is 10.1. The fourth-order valence-electron chi connectivity index (χ4n) is 3.12. The first kappa shape index (κ1) is 26.3. The molecule has 3 aromatic rings. The number of nitrogens with zero attached hydrogens (tertiary/aromatic N) is 3. The Balaban J connectivity index is 1.94. The fraction of sp³-hybridized carbons (Fsp3) is 0.227. The van der Waals surface area contributed by atoms with E-state index in [9.17, 15) is 17.2 Å². The summed E-state index contributed by atoms with van der Waals surface area (Å²) in [5.74, 6) is -1.53. The molecule has 3 rings (SSSR count). The second-order valence-corrected chi connectivity index (χ2v) is 9.97. The van der Waals surface area contributed by atoms with Crippen LogP contribution in [-0.4, -0.2) is 56.2 Å². The highest BCUT2D eigenvalue weighted by Gasteiger charge is 2.22. The molecule has 0 bridgehead atoms. The van der Waals surface area contributed by atoms with E-state index < -0.39 is 32.2 Å². The summed E-state index contributed by atoms with van der Waals surface area (Å²) in [6.45, 7) is 2.75. The van der Waals surface area contributed by atoms with Crippen molar-refractivity contribution in [2.45, 2.75) is 11.8 Å². The second-order valence-electron chi connectivity index (χ2n) is 7.89. The first-order valence-electron chi connectivity index (χ1n) is 10.3.